The normalized spacial score (nSPS) is 11.2. The van der Waals surface area contributed by atoms with Crippen molar-refractivity contribution < 1.29 is 36.6 Å². The third kappa shape index (κ3) is 5.79. The maximum atomic E-state index is 11.3. The Hall–Kier alpha value is -2.92. The first-order valence-corrected chi connectivity index (χ1v) is 11.3. The van der Waals surface area contributed by atoms with Crippen LogP contribution in [0.2, 0.25) is 0 Å². The molecule has 11 heteroatoms. The second kappa shape index (κ2) is 8.40. The van der Waals surface area contributed by atoms with Gasteiger partial charge in [-0.3, -0.25) is 0 Å². The zero-order valence-electron chi connectivity index (χ0n) is 15.2. The number of anilines is 1. The lowest BCUT2D eigenvalue weighted by atomic mass is 10.1. The molecule has 0 heterocycles. The highest BCUT2D eigenvalue weighted by Gasteiger charge is 2.17. The van der Waals surface area contributed by atoms with Crippen LogP contribution in [0.1, 0.15) is 26.3 Å². The molecule has 2 aromatic carbocycles. The van der Waals surface area contributed by atoms with Gasteiger partial charge in [-0.05, 0) is 48.9 Å². The van der Waals surface area contributed by atoms with Gasteiger partial charge < -0.3 is 15.9 Å². The van der Waals surface area contributed by atoms with E-state index in [0.29, 0.717) is 0 Å². The minimum atomic E-state index is -3.42. The summed E-state index contributed by atoms with van der Waals surface area (Å²) < 4.78 is 44.5. The number of hydrogen-bond donors (Lipinski definition) is 3. The third-order valence-corrected chi connectivity index (χ3v) is 5.92. The van der Waals surface area contributed by atoms with E-state index in [4.69, 9.17) is 15.9 Å². The Kier molecular flexibility index (Phi) is 6.93. The van der Waals surface area contributed by atoms with Crippen LogP contribution in [-0.4, -0.2) is 51.5 Å². The highest BCUT2D eigenvalue weighted by atomic mass is 32.2. The van der Waals surface area contributed by atoms with Crippen LogP contribution < -0.4 is 5.73 Å². The largest absolute Gasteiger partial charge is 0.478 e. The number of rotatable bonds is 4. The third-order valence-electron chi connectivity index (χ3n) is 3.63. The van der Waals surface area contributed by atoms with Crippen LogP contribution in [0, 0.1) is 6.92 Å². The molecule has 4 N–H and O–H groups in total. The fourth-order valence-electron chi connectivity index (χ4n) is 2.10. The number of hydrogen-bond acceptors (Lipinski definition) is 7. The van der Waals surface area contributed by atoms with Crippen LogP contribution in [0.5, 0.6) is 0 Å². The molecule has 0 radical (unpaired) electrons. The molecule has 2 rings (SSSR count). The number of nitrogen functional groups attached to an aromatic ring is 1. The zero-order chi connectivity index (χ0) is 21.9. The van der Waals surface area contributed by atoms with E-state index < -0.39 is 31.6 Å². The van der Waals surface area contributed by atoms with Gasteiger partial charge >= 0.3 is 11.9 Å². The van der Waals surface area contributed by atoms with Crippen LogP contribution in [0.15, 0.2) is 46.2 Å². The van der Waals surface area contributed by atoms with Crippen LogP contribution in [-0.2, 0) is 19.7 Å². The van der Waals surface area contributed by atoms with Gasteiger partial charge in [0, 0.05) is 12.5 Å². The summed E-state index contributed by atoms with van der Waals surface area (Å²) in [4.78, 5) is 21.2. The molecule has 152 valence electrons. The molecule has 0 fully saturated rings. The average molecular weight is 429 g/mol. The summed E-state index contributed by atoms with van der Waals surface area (Å²) in [7, 11) is -6.65. The van der Waals surface area contributed by atoms with Gasteiger partial charge in [-0.2, -0.15) is 0 Å². The quantitative estimate of drug-likeness (QED) is 0.609. The number of carboxylic acid groups (broad SMARTS) is 2. The molecular formula is C17H19NO8S2. The van der Waals surface area contributed by atoms with Crippen molar-refractivity contribution >= 4 is 37.3 Å². The van der Waals surface area contributed by atoms with Gasteiger partial charge in [0.15, 0.2) is 19.7 Å². The molecule has 0 saturated carbocycles. The van der Waals surface area contributed by atoms with Crippen molar-refractivity contribution in [2.24, 2.45) is 0 Å². The van der Waals surface area contributed by atoms with E-state index in [0.717, 1.165) is 12.5 Å². The fourth-order valence-corrected chi connectivity index (χ4v) is 3.60. The fraction of sp³-hybridized carbons (Fsp3) is 0.176. The van der Waals surface area contributed by atoms with E-state index in [1.165, 1.54) is 43.3 Å². The number of carbonyl (C=O) groups is 2. The number of carboxylic acids is 2. The lowest BCUT2D eigenvalue weighted by Gasteiger charge is -2.08. The van der Waals surface area contributed by atoms with Gasteiger partial charge in [0.1, 0.15) is 0 Å². The van der Waals surface area contributed by atoms with Crippen molar-refractivity contribution in [1.29, 1.82) is 0 Å². The van der Waals surface area contributed by atoms with E-state index in [9.17, 15) is 26.4 Å². The van der Waals surface area contributed by atoms with Crippen molar-refractivity contribution in [2.45, 2.75) is 16.7 Å². The molecule has 28 heavy (non-hydrogen) atoms. The van der Waals surface area contributed by atoms with Crippen LogP contribution in [0.25, 0.3) is 0 Å². The second-order valence-electron chi connectivity index (χ2n) is 5.83. The van der Waals surface area contributed by atoms with Crippen molar-refractivity contribution in [3.05, 3.63) is 53.1 Å². The molecule has 0 atom stereocenters. The molecular weight excluding hydrogens is 410 g/mol. The van der Waals surface area contributed by atoms with Crippen LogP contribution >= 0.6 is 0 Å². The highest BCUT2D eigenvalue weighted by Crippen LogP contribution is 2.24. The molecule has 0 aliphatic heterocycles. The molecule has 0 bridgehead atoms. The first kappa shape index (κ1) is 23.1. The van der Waals surface area contributed by atoms with Crippen molar-refractivity contribution in [2.75, 3.05) is 18.2 Å². The summed E-state index contributed by atoms with van der Waals surface area (Å²) in [6.45, 7) is 1.48. The highest BCUT2D eigenvalue weighted by molar-refractivity contribution is 7.91. The van der Waals surface area contributed by atoms with Crippen LogP contribution in [0.4, 0.5) is 5.69 Å². The lowest BCUT2D eigenvalue weighted by molar-refractivity contribution is 0.0685. The van der Waals surface area contributed by atoms with Gasteiger partial charge in [0.05, 0.1) is 26.6 Å². The smallest absolute Gasteiger partial charge is 0.336 e. The van der Waals surface area contributed by atoms with Gasteiger partial charge in [-0.25, -0.2) is 26.4 Å². The maximum absolute atomic E-state index is 11.3. The Balaban J connectivity index is 0.000000283. The number of aromatic carboxylic acids is 2. The molecule has 9 nitrogen and oxygen atoms in total. The Morgan fingerprint density at radius 3 is 1.68 bits per heavy atom. The van der Waals surface area contributed by atoms with E-state index in [-0.39, 0.29) is 32.2 Å². The first-order chi connectivity index (χ1) is 12.7. The molecule has 0 unspecified atom stereocenters. The molecule has 0 aromatic heterocycles. The Bertz CT molecular complexity index is 1120. The summed E-state index contributed by atoms with van der Waals surface area (Å²) in [6, 6.07) is 7.53. The van der Waals surface area contributed by atoms with Gasteiger partial charge in [-0.1, -0.05) is 0 Å². The van der Waals surface area contributed by atoms with E-state index in [2.05, 4.69) is 0 Å². The first-order valence-electron chi connectivity index (χ1n) is 7.52. The molecule has 0 aliphatic carbocycles. The predicted molar refractivity (Wildman–Crippen MR) is 102 cm³/mol. The van der Waals surface area contributed by atoms with Gasteiger partial charge in [0.25, 0.3) is 0 Å². The predicted octanol–water partition coefficient (Wildman–Crippen LogP) is 1.47. The van der Waals surface area contributed by atoms with E-state index in [1.54, 1.807) is 0 Å². The monoisotopic (exact) mass is 429 g/mol. The number of benzene rings is 2. The van der Waals surface area contributed by atoms with Crippen molar-refractivity contribution in [1.82, 2.24) is 0 Å². The molecule has 0 amide bonds. The van der Waals surface area contributed by atoms with Crippen molar-refractivity contribution in [3.63, 3.8) is 0 Å². The number of sulfone groups is 2. The minimum absolute atomic E-state index is 0.00241. The standard InChI is InChI=1S/C9H11NO4S.C8H8O4S/c1-5-6(9(11)12)3-4-7(8(5)10)15(2,13)14;1-13(11,12)7-4-2-6(3-5-7)8(9)10/h3-4H,10H2,1-2H3,(H,11,12);2-5H,1H3,(H,9,10). The molecule has 0 aliphatic rings. The maximum Gasteiger partial charge on any atom is 0.336 e. The van der Waals surface area contributed by atoms with E-state index in [1.807, 2.05) is 0 Å². The SMILES string of the molecule is CS(=O)(=O)c1ccc(C(=O)O)cc1.Cc1c(C(=O)O)ccc(S(C)(=O)=O)c1N. The Labute approximate surface area is 162 Å². The molecule has 2 aromatic rings. The summed E-state index contributed by atoms with van der Waals surface area (Å²) in [5.74, 6) is -2.20. The Morgan fingerprint density at radius 1 is 0.821 bits per heavy atom. The minimum Gasteiger partial charge on any atom is -0.478 e. The molecule has 0 saturated heterocycles. The van der Waals surface area contributed by atoms with E-state index >= 15 is 0 Å². The van der Waals surface area contributed by atoms with Gasteiger partial charge in [0.2, 0.25) is 0 Å². The summed E-state index contributed by atoms with van der Waals surface area (Å²) in [6.07, 6.45) is 2.10. The second-order valence-corrected chi connectivity index (χ2v) is 9.83. The Morgan fingerprint density at radius 2 is 1.32 bits per heavy atom. The summed E-state index contributed by atoms with van der Waals surface area (Å²) in [5, 5.41) is 17.3. The summed E-state index contributed by atoms with van der Waals surface area (Å²) >= 11 is 0. The summed E-state index contributed by atoms with van der Waals surface area (Å²) in [5.41, 5.74) is 5.92. The van der Waals surface area contributed by atoms with Crippen molar-refractivity contribution in [3.8, 4) is 0 Å². The lowest BCUT2D eigenvalue weighted by Crippen LogP contribution is -2.08. The molecule has 0 spiro atoms. The number of nitrogens with two attached hydrogens (primary N) is 1. The average Bonchev–Trinajstić information content (AvgIpc) is 2.55. The van der Waals surface area contributed by atoms with Crippen LogP contribution in [0.3, 0.4) is 0 Å². The zero-order valence-corrected chi connectivity index (χ0v) is 16.8. The topological polar surface area (TPSA) is 169 Å². The van der Waals surface area contributed by atoms with Gasteiger partial charge in [-0.15, -0.1) is 0 Å².